The first-order chi connectivity index (χ1) is 9.21. The Morgan fingerprint density at radius 3 is 2.84 bits per heavy atom. The average Bonchev–Trinajstić information content (AvgIpc) is 3.01. The van der Waals surface area contributed by atoms with Crippen LogP contribution in [0.1, 0.15) is 57.7 Å². The van der Waals surface area contributed by atoms with E-state index in [0.29, 0.717) is 12.0 Å². The topological polar surface area (TPSA) is 29.9 Å². The Kier molecular flexibility index (Phi) is 5.28. The highest BCUT2D eigenvalue weighted by molar-refractivity contribution is 6.31. The molecule has 108 valence electrons. The molecule has 19 heavy (non-hydrogen) atoms. The molecule has 3 nitrogen and oxygen atoms in total. The maximum absolute atomic E-state index is 6.38. The summed E-state index contributed by atoms with van der Waals surface area (Å²) >= 11 is 6.38. The maximum Gasteiger partial charge on any atom is 0.0834 e. The molecular weight excluding hydrogens is 258 g/mol. The first kappa shape index (κ1) is 14.9. The van der Waals surface area contributed by atoms with Crippen LogP contribution in [0.5, 0.6) is 0 Å². The fourth-order valence-electron chi connectivity index (χ4n) is 3.45. The molecule has 0 radical (unpaired) electrons. The summed E-state index contributed by atoms with van der Waals surface area (Å²) in [4.78, 5) is 0. The molecule has 4 heteroatoms. The predicted molar refractivity (Wildman–Crippen MR) is 80.5 cm³/mol. The van der Waals surface area contributed by atoms with E-state index in [1.807, 2.05) is 7.05 Å². The average molecular weight is 284 g/mol. The lowest BCUT2D eigenvalue weighted by atomic mass is 9.93. The molecule has 1 aromatic rings. The zero-order valence-electron chi connectivity index (χ0n) is 12.3. The van der Waals surface area contributed by atoms with Crippen molar-refractivity contribution >= 4 is 11.6 Å². The van der Waals surface area contributed by atoms with Crippen molar-refractivity contribution in [1.82, 2.24) is 15.1 Å². The highest BCUT2D eigenvalue weighted by atomic mass is 35.5. The van der Waals surface area contributed by atoms with Crippen molar-refractivity contribution in [2.24, 2.45) is 11.8 Å². The van der Waals surface area contributed by atoms with Crippen LogP contribution in [0.3, 0.4) is 0 Å². The summed E-state index contributed by atoms with van der Waals surface area (Å²) in [5.41, 5.74) is 1.19. The van der Waals surface area contributed by atoms with Crippen LogP contribution in [0.2, 0.25) is 5.02 Å². The predicted octanol–water partition coefficient (Wildman–Crippen LogP) is 4.03. The van der Waals surface area contributed by atoms with Crippen molar-refractivity contribution in [2.45, 2.75) is 58.5 Å². The van der Waals surface area contributed by atoms with Gasteiger partial charge in [-0.3, -0.25) is 4.68 Å². The van der Waals surface area contributed by atoms with Gasteiger partial charge in [-0.05, 0) is 38.1 Å². The molecule has 1 aliphatic carbocycles. The van der Waals surface area contributed by atoms with Crippen LogP contribution in [0.15, 0.2) is 6.20 Å². The molecule has 1 fully saturated rings. The SMILES string of the molecule is CCCn1ncc(Cl)c1C(NC)C1CCC(CC)C1. The van der Waals surface area contributed by atoms with Gasteiger partial charge in [-0.25, -0.2) is 0 Å². The lowest BCUT2D eigenvalue weighted by Crippen LogP contribution is -2.27. The molecule has 2 rings (SSSR count). The standard InChI is InChI=1S/C15H26ClN3/c1-4-8-19-15(13(16)10-18-19)14(17-3)12-7-6-11(5-2)9-12/h10-12,14,17H,4-9H2,1-3H3. The van der Waals surface area contributed by atoms with E-state index in [2.05, 4.69) is 28.9 Å². The summed E-state index contributed by atoms with van der Waals surface area (Å²) < 4.78 is 2.09. The lowest BCUT2D eigenvalue weighted by Gasteiger charge is -2.25. The summed E-state index contributed by atoms with van der Waals surface area (Å²) in [5.74, 6) is 1.59. The Hall–Kier alpha value is -0.540. The molecule has 0 bridgehead atoms. The Bertz CT molecular complexity index is 402. The normalized spacial score (nSPS) is 24.8. The zero-order valence-corrected chi connectivity index (χ0v) is 13.1. The van der Waals surface area contributed by atoms with Crippen molar-refractivity contribution in [1.29, 1.82) is 0 Å². The Labute approximate surface area is 121 Å². The monoisotopic (exact) mass is 283 g/mol. The number of halogens is 1. The van der Waals surface area contributed by atoms with Crippen LogP contribution in [0, 0.1) is 11.8 Å². The van der Waals surface area contributed by atoms with Crippen LogP contribution < -0.4 is 5.32 Å². The summed E-state index contributed by atoms with van der Waals surface area (Å²) in [7, 11) is 2.05. The van der Waals surface area contributed by atoms with E-state index >= 15 is 0 Å². The molecule has 3 atom stereocenters. The highest BCUT2D eigenvalue weighted by Gasteiger charge is 2.33. The smallest absolute Gasteiger partial charge is 0.0834 e. The van der Waals surface area contributed by atoms with E-state index in [4.69, 9.17) is 11.6 Å². The quantitative estimate of drug-likeness (QED) is 0.854. The first-order valence-corrected chi connectivity index (χ1v) is 7.97. The summed E-state index contributed by atoms with van der Waals surface area (Å²) in [5, 5.41) is 8.73. The van der Waals surface area contributed by atoms with E-state index in [0.717, 1.165) is 23.9 Å². The van der Waals surface area contributed by atoms with Crippen LogP contribution in [0.4, 0.5) is 0 Å². The zero-order chi connectivity index (χ0) is 13.8. The molecule has 0 aromatic carbocycles. The van der Waals surface area contributed by atoms with Gasteiger partial charge in [0.05, 0.1) is 23.0 Å². The number of hydrogen-bond donors (Lipinski definition) is 1. The van der Waals surface area contributed by atoms with E-state index in [9.17, 15) is 0 Å². The fraction of sp³-hybridized carbons (Fsp3) is 0.800. The highest BCUT2D eigenvalue weighted by Crippen LogP contribution is 2.41. The second kappa shape index (κ2) is 6.76. The van der Waals surface area contributed by atoms with Crippen molar-refractivity contribution < 1.29 is 0 Å². The number of aryl methyl sites for hydroxylation is 1. The van der Waals surface area contributed by atoms with Gasteiger partial charge in [0.25, 0.3) is 0 Å². The van der Waals surface area contributed by atoms with Crippen LogP contribution in [-0.4, -0.2) is 16.8 Å². The minimum Gasteiger partial charge on any atom is -0.311 e. The third-order valence-corrected chi connectivity index (χ3v) is 4.80. The Morgan fingerprint density at radius 2 is 2.26 bits per heavy atom. The van der Waals surface area contributed by atoms with E-state index in [1.165, 1.54) is 31.4 Å². The van der Waals surface area contributed by atoms with Crippen LogP contribution in [-0.2, 0) is 6.54 Å². The van der Waals surface area contributed by atoms with Crippen molar-refractivity contribution in [3.63, 3.8) is 0 Å². The van der Waals surface area contributed by atoms with Crippen molar-refractivity contribution in [2.75, 3.05) is 7.05 Å². The molecule has 0 saturated heterocycles. The summed E-state index contributed by atoms with van der Waals surface area (Å²) in [6.45, 7) is 5.43. The van der Waals surface area contributed by atoms with E-state index < -0.39 is 0 Å². The second-order valence-electron chi connectivity index (χ2n) is 5.71. The molecule has 1 aliphatic rings. The van der Waals surface area contributed by atoms with Gasteiger partial charge in [0, 0.05) is 6.54 Å². The second-order valence-corrected chi connectivity index (χ2v) is 6.12. The number of rotatable bonds is 6. The maximum atomic E-state index is 6.38. The number of nitrogens with zero attached hydrogens (tertiary/aromatic N) is 2. The van der Waals surface area contributed by atoms with Crippen molar-refractivity contribution in [3.8, 4) is 0 Å². The van der Waals surface area contributed by atoms with Crippen LogP contribution in [0.25, 0.3) is 0 Å². The lowest BCUT2D eigenvalue weighted by molar-refractivity contribution is 0.350. The number of nitrogens with one attached hydrogen (secondary N) is 1. The van der Waals surface area contributed by atoms with Crippen molar-refractivity contribution in [3.05, 3.63) is 16.9 Å². The number of aromatic nitrogens is 2. The van der Waals surface area contributed by atoms with Gasteiger partial charge < -0.3 is 5.32 Å². The van der Waals surface area contributed by atoms with Gasteiger partial charge in [-0.1, -0.05) is 38.3 Å². The van der Waals surface area contributed by atoms with E-state index in [1.54, 1.807) is 6.20 Å². The van der Waals surface area contributed by atoms with Gasteiger partial charge >= 0.3 is 0 Å². The fourth-order valence-corrected chi connectivity index (χ4v) is 3.71. The molecule has 1 saturated carbocycles. The van der Waals surface area contributed by atoms with Gasteiger partial charge in [-0.2, -0.15) is 5.10 Å². The molecule has 0 amide bonds. The largest absolute Gasteiger partial charge is 0.311 e. The third kappa shape index (κ3) is 3.14. The molecule has 1 aromatic heterocycles. The molecule has 0 aliphatic heterocycles. The number of hydrogen-bond acceptors (Lipinski definition) is 2. The minimum absolute atomic E-state index is 0.345. The third-order valence-electron chi connectivity index (χ3n) is 4.50. The van der Waals surface area contributed by atoms with Gasteiger partial charge in [0.15, 0.2) is 0 Å². The molecular formula is C15H26ClN3. The van der Waals surface area contributed by atoms with Gasteiger partial charge in [-0.15, -0.1) is 0 Å². The molecule has 0 spiro atoms. The summed E-state index contributed by atoms with van der Waals surface area (Å²) in [6, 6.07) is 0.345. The minimum atomic E-state index is 0.345. The molecule has 3 unspecified atom stereocenters. The first-order valence-electron chi connectivity index (χ1n) is 7.59. The summed E-state index contributed by atoms with van der Waals surface area (Å²) in [6.07, 6.45) is 8.16. The van der Waals surface area contributed by atoms with E-state index in [-0.39, 0.29) is 0 Å². The Morgan fingerprint density at radius 1 is 1.47 bits per heavy atom. The molecule has 1 heterocycles. The van der Waals surface area contributed by atoms with Gasteiger partial charge in [0.2, 0.25) is 0 Å². The van der Waals surface area contributed by atoms with Crippen LogP contribution >= 0.6 is 11.6 Å². The Balaban J connectivity index is 2.19. The van der Waals surface area contributed by atoms with Gasteiger partial charge in [0.1, 0.15) is 0 Å². The molecule has 1 N–H and O–H groups in total.